The normalized spacial score (nSPS) is 16.6. The zero-order chi connectivity index (χ0) is 14.0. The lowest BCUT2D eigenvalue weighted by Crippen LogP contribution is -2.43. The lowest BCUT2D eigenvalue weighted by molar-refractivity contribution is -0.127. The van der Waals surface area contributed by atoms with Crippen LogP contribution in [0.4, 0.5) is 0 Å². The van der Waals surface area contributed by atoms with Gasteiger partial charge in [0.25, 0.3) is 0 Å². The van der Waals surface area contributed by atoms with E-state index in [0.717, 1.165) is 31.4 Å². The standard InChI is InChI=1S/C17H20N2O/c1-2-19-13-14(12-18-19)11-16(20)17(9-6-10-17)15-7-4-3-5-8-15/h3-5,7-8,12-13H,2,6,9-11H2,1H3. The van der Waals surface area contributed by atoms with E-state index in [0.29, 0.717) is 12.2 Å². The van der Waals surface area contributed by atoms with E-state index in [4.69, 9.17) is 0 Å². The molecule has 1 aliphatic carbocycles. The molecule has 104 valence electrons. The van der Waals surface area contributed by atoms with Crippen LogP contribution in [-0.4, -0.2) is 15.6 Å². The van der Waals surface area contributed by atoms with Gasteiger partial charge in [0.2, 0.25) is 0 Å². The number of hydrogen-bond acceptors (Lipinski definition) is 2. The summed E-state index contributed by atoms with van der Waals surface area (Å²) >= 11 is 0. The molecule has 1 heterocycles. The van der Waals surface area contributed by atoms with E-state index in [-0.39, 0.29) is 5.41 Å². The van der Waals surface area contributed by atoms with Crippen molar-refractivity contribution in [2.45, 2.75) is 44.6 Å². The average molecular weight is 268 g/mol. The summed E-state index contributed by atoms with van der Waals surface area (Å²) in [6.45, 7) is 2.90. The number of hydrogen-bond donors (Lipinski definition) is 0. The van der Waals surface area contributed by atoms with Crippen molar-refractivity contribution in [2.24, 2.45) is 0 Å². The Morgan fingerprint density at radius 1 is 1.30 bits per heavy atom. The smallest absolute Gasteiger partial charge is 0.147 e. The molecule has 0 aliphatic heterocycles. The van der Waals surface area contributed by atoms with Crippen molar-refractivity contribution in [2.75, 3.05) is 0 Å². The van der Waals surface area contributed by atoms with Crippen LogP contribution in [0.2, 0.25) is 0 Å². The first-order chi connectivity index (χ1) is 9.74. The van der Waals surface area contributed by atoms with Gasteiger partial charge in [-0.15, -0.1) is 0 Å². The van der Waals surface area contributed by atoms with Crippen LogP contribution in [0.25, 0.3) is 0 Å². The van der Waals surface area contributed by atoms with Crippen LogP contribution in [0.15, 0.2) is 42.7 Å². The van der Waals surface area contributed by atoms with Gasteiger partial charge in [0.05, 0.1) is 11.6 Å². The van der Waals surface area contributed by atoms with Gasteiger partial charge in [-0.25, -0.2) is 0 Å². The fourth-order valence-corrected chi connectivity index (χ4v) is 3.04. The largest absolute Gasteiger partial charge is 0.298 e. The number of aromatic nitrogens is 2. The van der Waals surface area contributed by atoms with Crippen LogP contribution in [0.1, 0.15) is 37.3 Å². The van der Waals surface area contributed by atoms with Gasteiger partial charge in [0, 0.05) is 19.2 Å². The predicted octanol–water partition coefficient (Wildman–Crippen LogP) is 3.14. The fraction of sp³-hybridized carbons (Fsp3) is 0.412. The lowest BCUT2D eigenvalue weighted by Gasteiger charge is -2.41. The maximum absolute atomic E-state index is 12.8. The summed E-state index contributed by atoms with van der Waals surface area (Å²) in [6.07, 6.45) is 7.41. The predicted molar refractivity (Wildman–Crippen MR) is 78.6 cm³/mol. The van der Waals surface area contributed by atoms with Crippen LogP contribution in [0, 0.1) is 0 Å². The second-order valence-electron chi connectivity index (χ2n) is 5.61. The van der Waals surface area contributed by atoms with Crippen LogP contribution in [0.5, 0.6) is 0 Å². The first kappa shape index (κ1) is 13.1. The molecule has 1 saturated carbocycles. The number of nitrogens with zero attached hydrogens (tertiary/aromatic N) is 2. The third-order valence-electron chi connectivity index (χ3n) is 4.44. The molecule has 1 fully saturated rings. The molecule has 0 atom stereocenters. The molecular formula is C17H20N2O. The van der Waals surface area contributed by atoms with Crippen molar-refractivity contribution in [3.63, 3.8) is 0 Å². The highest BCUT2D eigenvalue weighted by Gasteiger charge is 2.44. The minimum atomic E-state index is -0.241. The van der Waals surface area contributed by atoms with E-state index >= 15 is 0 Å². The van der Waals surface area contributed by atoms with Gasteiger partial charge in [-0.05, 0) is 30.9 Å². The molecule has 2 aromatic rings. The monoisotopic (exact) mass is 268 g/mol. The van der Waals surface area contributed by atoms with Crippen molar-refractivity contribution in [1.82, 2.24) is 9.78 Å². The maximum Gasteiger partial charge on any atom is 0.147 e. The number of Topliss-reactive ketones (excluding diaryl/α,β-unsaturated/α-hetero) is 1. The van der Waals surface area contributed by atoms with Gasteiger partial charge < -0.3 is 0 Å². The van der Waals surface area contributed by atoms with Crippen molar-refractivity contribution in [3.8, 4) is 0 Å². The van der Waals surface area contributed by atoms with Gasteiger partial charge in [-0.2, -0.15) is 5.10 Å². The Balaban J connectivity index is 1.81. The highest BCUT2D eigenvalue weighted by Crippen LogP contribution is 2.45. The minimum absolute atomic E-state index is 0.241. The van der Waals surface area contributed by atoms with Crippen molar-refractivity contribution in [3.05, 3.63) is 53.9 Å². The zero-order valence-electron chi connectivity index (χ0n) is 11.9. The van der Waals surface area contributed by atoms with Gasteiger partial charge in [-0.3, -0.25) is 9.48 Å². The first-order valence-corrected chi connectivity index (χ1v) is 7.35. The number of rotatable bonds is 5. The third-order valence-corrected chi connectivity index (χ3v) is 4.44. The number of carbonyl (C=O) groups is 1. The van der Waals surface area contributed by atoms with Gasteiger partial charge in [0.1, 0.15) is 5.78 Å². The molecule has 3 nitrogen and oxygen atoms in total. The Kier molecular flexibility index (Phi) is 3.43. The molecule has 0 N–H and O–H groups in total. The van der Waals surface area contributed by atoms with E-state index in [1.54, 1.807) is 0 Å². The Morgan fingerprint density at radius 3 is 2.60 bits per heavy atom. The molecule has 1 aromatic heterocycles. The number of carbonyl (C=O) groups excluding carboxylic acids is 1. The summed E-state index contributed by atoms with van der Waals surface area (Å²) in [6, 6.07) is 10.2. The minimum Gasteiger partial charge on any atom is -0.298 e. The number of aryl methyl sites for hydroxylation is 1. The molecule has 1 aromatic carbocycles. The molecule has 0 saturated heterocycles. The van der Waals surface area contributed by atoms with Crippen LogP contribution < -0.4 is 0 Å². The summed E-state index contributed by atoms with van der Waals surface area (Å²) in [4.78, 5) is 12.8. The SMILES string of the molecule is CCn1cc(CC(=O)C2(c3ccccc3)CCC2)cn1. The molecule has 3 heteroatoms. The van der Waals surface area contributed by atoms with Gasteiger partial charge in [0.15, 0.2) is 0 Å². The maximum atomic E-state index is 12.8. The van der Waals surface area contributed by atoms with Crippen molar-refractivity contribution in [1.29, 1.82) is 0 Å². The Bertz CT molecular complexity index is 596. The van der Waals surface area contributed by atoms with E-state index in [9.17, 15) is 4.79 Å². The fourth-order valence-electron chi connectivity index (χ4n) is 3.04. The second kappa shape index (κ2) is 5.23. The quantitative estimate of drug-likeness (QED) is 0.835. The molecular weight excluding hydrogens is 248 g/mol. The van der Waals surface area contributed by atoms with E-state index in [2.05, 4.69) is 24.2 Å². The molecule has 0 spiro atoms. The summed E-state index contributed by atoms with van der Waals surface area (Å²) in [7, 11) is 0. The van der Waals surface area contributed by atoms with Gasteiger partial charge >= 0.3 is 0 Å². The lowest BCUT2D eigenvalue weighted by atomic mass is 9.61. The molecule has 3 rings (SSSR count). The molecule has 0 amide bonds. The van der Waals surface area contributed by atoms with E-state index in [1.165, 1.54) is 5.56 Å². The summed E-state index contributed by atoms with van der Waals surface area (Å²) < 4.78 is 1.87. The van der Waals surface area contributed by atoms with E-state index < -0.39 is 0 Å². The highest BCUT2D eigenvalue weighted by atomic mass is 16.1. The molecule has 0 bridgehead atoms. The van der Waals surface area contributed by atoms with E-state index in [1.807, 2.05) is 35.3 Å². The van der Waals surface area contributed by atoms with Crippen molar-refractivity contribution >= 4 is 5.78 Å². The summed E-state index contributed by atoms with van der Waals surface area (Å²) in [5.74, 6) is 0.339. The molecule has 0 radical (unpaired) electrons. The molecule has 20 heavy (non-hydrogen) atoms. The number of ketones is 1. The van der Waals surface area contributed by atoms with Crippen LogP contribution in [0.3, 0.4) is 0 Å². The Hall–Kier alpha value is -1.90. The number of benzene rings is 1. The zero-order valence-corrected chi connectivity index (χ0v) is 11.9. The molecule has 0 unspecified atom stereocenters. The third kappa shape index (κ3) is 2.17. The van der Waals surface area contributed by atoms with Crippen molar-refractivity contribution < 1.29 is 4.79 Å². The van der Waals surface area contributed by atoms with Crippen LogP contribution >= 0.6 is 0 Å². The second-order valence-corrected chi connectivity index (χ2v) is 5.61. The summed E-state index contributed by atoms with van der Waals surface area (Å²) in [5, 5.41) is 4.25. The average Bonchev–Trinajstić information content (AvgIpc) is 2.86. The van der Waals surface area contributed by atoms with Gasteiger partial charge in [-0.1, -0.05) is 36.8 Å². The summed E-state index contributed by atoms with van der Waals surface area (Å²) in [5.41, 5.74) is 1.97. The topological polar surface area (TPSA) is 34.9 Å². The highest BCUT2D eigenvalue weighted by molar-refractivity contribution is 5.92. The van der Waals surface area contributed by atoms with Crippen LogP contribution in [-0.2, 0) is 23.2 Å². The molecule has 1 aliphatic rings. The Labute approximate surface area is 119 Å². The first-order valence-electron chi connectivity index (χ1n) is 7.35. The Morgan fingerprint density at radius 2 is 2.05 bits per heavy atom.